The molecular weight excluding hydrogens is 187 g/mol. The topological polar surface area (TPSA) is 82.8 Å². The molecule has 0 fully saturated rings. The van der Waals surface area contributed by atoms with Crippen LogP contribution in [0.1, 0.15) is 16.1 Å². The summed E-state index contributed by atoms with van der Waals surface area (Å²) in [7, 11) is 0. The van der Waals surface area contributed by atoms with Crippen molar-refractivity contribution in [2.24, 2.45) is 0 Å². The van der Waals surface area contributed by atoms with Gasteiger partial charge in [-0.15, -0.1) is 0 Å². The Balaban J connectivity index is 0.00000121. The molecule has 0 saturated heterocycles. The van der Waals surface area contributed by atoms with Crippen LogP contribution in [0.15, 0.2) is 9.59 Å². The molecule has 58 valence electrons. The fraction of sp³-hybridized carbons (Fsp3) is 0.167. The largest absolute Gasteiger partial charge is 1.00 e. The van der Waals surface area contributed by atoms with Crippen molar-refractivity contribution in [3.8, 4) is 0 Å². The summed E-state index contributed by atoms with van der Waals surface area (Å²) in [5.74, 6) is 0. The number of aromatic amines is 2. The smallest absolute Gasteiger partial charge is 0.311 e. The Labute approximate surface area is 110 Å². The molecule has 1 heterocycles. The Bertz CT molecular complexity index is 393. The Morgan fingerprint density at radius 2 is 1.83 bits per heavy atom. The van der Waals surface area contributed by atoms with Crippen LogP contribution >= 0.6 is 0 Å². The molecule has 1 aromatic rings. The van der Waals surface area contributed by atoms with E-state index >= 15 is 0 Å². The standard InChI is InChI=1S/C6H6N2O3.K/c1-3-4(2-9)5(10)8-6(11)7-3;/h2H,1H3,(H2,7,8,10,11);/q;+1. The Kier molecular flexibility index (Phi) is 4.87. The second-order valence-electron chi connectivity index (χ2n) is 2.06. The first-order valence-electron chi connectivity index (χ1n) is 2.93. The van der Waals surface area contributed by atoms with E-state index < -0.39 is 11.2 Å². The molecule has 6 heteroatoms. The van der Waals surface area contributed by atoms with Crippen molar-refractivity contribution in [2.75, 3.05) is 0 Å². The van der Waals surface area contributed by atoms with Gasteiger partial charge in [0, 0.05) is 5.69 Å². The van der Waals surface area contributed by atoms with Crippen molar-refractivity contribution in [3.05, 3.63) is 32.1 Å². The molecule has 0 aromatic carbocycles. The van der Waals surface area contributed by atoms with Crippen LogP contribution in [0, 0.1) is 6.92 Å². The van der Waals surface area contributed by atoms with Crippen molar-refractivity contribution < 1.29 is 56.2 Å². The number of aromatic nitrogens is 2. The number of hydrogen-bond acceptors (Lipinski definition) is 3. The maximum atomic E-state index is 10.8. The van der Waals surface area contributed by atoms with Crippen LogP contribution in [-0.4, -0.2) is 16.3 Å². The summed E-state index contributed by atoms with van der Waals surface area (Å²) in [5, 5.41) is 0. The summed E-state index contributed by atoms with van der Waals surface area (Å²) >= 11 is 0. The van der Waals surface area contributed by atoms with E-state index in [1.54, 1.807) is 0 Å². The second-order valence-corrected chi connectivity index (χ2v) is 2.06. The van der Waals surface area contributed by atoms with Gasteiger partial charge in [-0.25, -0.2) is 4.79 Å². The van der Waals surface area contributed by atoms with E-state index in [0.29, 0.717) is 6.29 Å². The number of carbonyl (C=O) groups excluding carboxylic acids is 1. The fourth-order valence-corrected chi connectivity index (χ4v) is 0.752. The van der Waals surface area contributed by atoms with Gasteiger partial charge in [-0.1, -0.05) is 0 Å². The van der Waals surface area contributed by atoms with Gasteiger partial charge in [0.1, 0.15) is 0 Å². The summed E-state index contributed by atoms with van der Waals surface area (Å²) in [6.45, 7) is 1.49. The number of carbonyl (C=O) groups is 1. The first kappa shape index (κ1) is 12.0. The van der Waals surface area contributed by atoms with E-state index in [9.17, 15) is 14.4 Å². The van der Waals surface area contributed by atoms with Gasteiger partial charge in [0.25, 0.3) is 5.56 Å². The molecule has 0 spiro atoms. The summed E-state index contributed by atoms with van der Waals surface area (Å²) in [6, 6.07) is 0. The molecule has 1 aromatic heterocycles. The monoisotopic (exact) mass is 193 g/mol. The van der Waals surface area contributed by atoms with Crippen molar-refractivity contribution in [1.82, 2.24) is 9.97 Å². The van der Waals surface area contributed by atoms with Crippen LogP contribution in [0.5, 0.6) is 0 Å². The van der Waals surface area contributed by atoms with Crippen molar-refractivity contribution in [2.45, 2.75) is 6.92 Å². The molecule has 0 aliphatic carbocycles. The number of aryl methyl sites for hydroxylation is 1. The quantitative estimate of drug-likeness (QED) is 0.354. The third-order valence-corrected chi connectivity index (χ3v) is 1.29. The van der Waals surface area contributed by atoms with Crippen molar-refractivity contribution >= 4 is 6.29 Å². The molecule has 0 unspecified atom stereocenters. The average Bonchev–Trinajstić information content (AvgIpc) is 1.85. The molecule has 2 N–H and O–H groups in total. The molecule has 0 bridgehead atoms. The van der Waals surface area contributed by atoms with Crippen molar-refractivity contribution in [3.63, 3.8) is 0 Å². The van der Waals surface area contributed by atoms with Gasteiger partial charge in [-0.3, -0.25) is 14.6 Å². The number of aldehydes is 1. The summed E-state index contributed by atoms with van der Waals surface area (Å²) in [4.78, 5) is 35.8. The summed E-state index contributed by atoms with van der Waals surface area (Å²) in [5.41, 5.74) is -1.00. The molecule has 0 aliphatic rings. The normalized spacial score (nSPS) is 8.75. The van der Waals surface area contributed by atoms with Gasteiger partial charge in [-0.05, 0) is 6.92 Å². The zero-order valence-electron chi connectivity index (χ0n) is 6.80. The zero-order valence-corrected chi connectivity index (χ0v) is 9.93. The van der Waals surface area contributed by atoms with Gasteiger partial charge in [0.2, 0.25) is 0 Å². The molecule has 1 rings (SSSR count). The van der Waals surface area contributed by atoms with Crippen LogP contribution < -0.4 is 62.6 Å². The Hall–Kier alpha value is -0.0136. The maximum Gasteiger partial charge on any atom is 1.00 e. The predicted molar refractivity (Wildman–Crippen MR) is 37.8 cm³/mol. The van der Waals surface area contributed by atoms with E-state index in [2.05, 4.69) is 4.98 Å². The molecule has 0 saturated carbocycles. The number of rotatable bonds is 1. The molecule has 0 aliphatic heterocycles. The maximum absolute atomic E-state index is 10.8. The fourth-order valence-electron chi connectivity index (χ4n) is 0.752. The van der Waals surface area contributed by atoms with Gasteiger partial charge in [0.05, 0.1) is 5.56 Å². The van der Waals surface area contributed by atoms with E-state index in [-0.39, 0.29) is 62.6 Å². The van der Waals surface area contributed by atoms with E-state index in [4.69, 9.17) is 0 Å². The minimum absolute atomic E-state index is 0. The van der Waals surface area contributed by atoms with Crippen LogP contribution in [0.3, 0.4) is 0 Å². The number of hydrogen-bond donors (Lipinski definition) is 2. The minimum atomic E-state index is -0.652. The van der Waals surface area contributed by atoms with E-state index in [1.165, 1.54) is 6.92 Å². The van der Waals surface area contributed by atoms with Crippen LogP contribution in [0.2, 0.25) is 0 Å². The number of nitrogens with one attached hydrogen (secondary N) is 2. The third kappa shape index (κ3) is 2.49. The van der Waals surface area contributed by atoms with E-state index in [1.807, 2.05) is 4.98 Å². The summed E-state index contributed by atoms with van der Waals surface area (Å²) in [6.07, 6.45) is 0.407. The Morgan fingerprint density at radius 3 is 2.25 bits per heavy atom. The molecule has 0 radical (unpaired) electrons. The van der Waals surface area contributed by atoms with Crippen LogP contribution in [-0.2, 0) is 0 Å². The Morgan fingerprint density at radius 1 is 1.25 bits per heavy atom. The van der Waals surface area contributed by atoms with E-state index in [0.717, 1.165) is 0 Å². The average molecular weight is 193 g/mol. The first-order chi connectivity index (χ1) is 5.15. The molecule has 12 heavy (non-hydrogen) atoms. The van der Waals surface area contributed by atoms with Crippen LogP contribution in [0.25, 0.3) is 0 Å². The molecular formula is C6H6KN2O3+. The minimum Gasteiger partial charge on any atom is -0.311 e. The predicted octanol–water partition coefficient (Wildman–Crippen LogP) is -3.81. The third-order valence-electron chi connectivity index (χ3n) is 1.29. The zero-order chi connectivity index (χ0) is 8.43. The SMILES string of the molecule is Cc1[nH]c(=O)[nH]c(=O)c1C=O.[K+]. The summed E-state index contributed by atoms with van der Waals surface area (Å²) < 4.78 is 0. The first-order valence-corrected chi connectivity index (χ1v) is 2.93. The second kappa shape index (κ2) is 4.88. The molecule has 5 nitrogen and oxygen atoms in total. The van der Waals surface area contributed by atoms with Gasteiger partial charge >= 0.3 is 57.1 Å². The van der Waals surface area contributed by atoms with Crippen LogP contribution in [0.4, 0.5) is 0 Å². The molecule has 0 amide bonds. The van der Waals surface area contributed by atoms with Gasteiger partial charge in [-0.2, -0.15) is 0 Å². The van der Waals surface area contributed by atoms with Gasteiger partial charge < -0.3 is 4.98 Å². The number of H-pyrrole nitrogens is 2. The van der Waals surface area contributed by atoms with Crippen molar-refractivity contribution in [1.29, 1.82) is 0 Å². The molecule has 0 atom stereocenters. The van der Waals surface area contributed by atoms with Gasteiger partial charge in [0.15, 0.2) is 6.29 Å².